The molecule has 0 aliphatic carbocycles. The van der Waals surface area contributed by atoms with E-state index in [2.05, 4.69) is 64.1 Å². The summed E-state index contributed by atoms with van der Waals surface area (Å²) in [5, 5.41) is 0.717. The van der Waals surface area contributed by atoms with Crippen LogP contribution in [-0.4, -0.2) is 29.6 Å². The van der Waals surface area contributed by atoms with Crippen molar-refractivity contribution >= 4 is 34.5 Å². The Morgan fingerprint density at radius 3 is 2.30 bits per heavy atom. The Morgan fingerprint density at radius 2 is 1.68 bits per heavy atom. The summed E-state index contributed by atoms with van der Waals surface area (Å²) in [7, 11) is 0. The lowest BCUT2D eigenvalue weighted by molar-refractivity contribution is 0.0709. The predicted molar refractivity (Wildman–Crippen MR) is 157 cm³/mol. The molecule has 3 nitrogen and oxygen atoms in total. The molecule has 4 heteroatoms. The quantitative estimate of drug-likeness (QED) is 0.304. The number of rotatable bonds is 6. The molecule has 0 N–H and O–H groups in total. The number of allylic oxidation sites excluding steroid dienone is 1. The number of para-hydroxylation sites is 1. The third-order valence-electron chi connectivity index (χ3n) is 7.34. The molecule has 1 heterocycles. The monoisotopic (exact) mass is 512 g/mol. The molecule has 1 aliphatic rings. The molecule has 192 valence electrons. The second kappa shape index (κ2) is 11.9. The minimum atomic E-state index is 0.111. The average molecular weight is 513 g/mol. The number of halogens is 1. The smallest absolute Gasteiger partial charge is 0.253 e. The number of aryl methyl sites for hydroxylation is 2. The first-order chi connectivity index (χ1) is 17.8. The molecule has 0 unspecified atom stereocenters. The van der Waals surface area contributed by atoms with Gasteiger partial charge in [0.05, 0.1) is 5.69 Å². The van der Waals surface area contributed by atoms with Crippen LogP contribution in [0.1, 0.15) is 66.2 Å². The third-order valence-corrected chi connectivity index (χ3v) is 7.58. The van der Waals surface area contributed by atoms with Gasteiger partial charge in [0, 0.05) is 35.3 Å². The highest BCUT2D eigenvalue weighted by Gasteiger charge is 2.28. The molecule has 1 amide bonds. The second-order valence-electron chi connectivity index (χ2n) is 10.3. The zero-order valence-electron chi connectivity index (χ0n) is 22.6. The van der Waals surface area contributed by atoms with Crippen molar-refractivity contribution in [3.8, 4) is 0 Å². The van der Waals surface area contributed by atoms with Crippen LogP contribution in [0.3, 0.4) is 0 Å². The maximum atomic E-state index is 13.4. The first-order valence-corrected chi connectivity index (χ1v) is 13.6. The SMILES string of the molecule is C/C=C(/c1cccc(Cl)c1)c1ccc(C(=O)N2CCC(C(=Nc3ccccc3C)C(C)C)CC2)cc1C. The van der Waals surface area contributed by atoms with Gasteiger partial charge < -0.3 is 4.90 Å². The molecule has 1 saturated heterocycles. The van der Waals surface area contributed by atoms with E-state index in [0.29, 0.717) is 16.9 Å². The number of piperidine rings is 1. The lowest BCUT2D eigenvalue weighted by atomic mass is 9.86. The van der Waals surface area contributed by atoms with E-state index in [1.54, 1.807) is 0 Å². The van der Waals surface area contributed by atoms with Crippen LogP contribution in [0.25, 0.3) is 5.57 Å². The fourth-order valence-electron chi connectivity index (χ4n) is 5.31. The summed E-state index contributed by atoms with van der Waals surface area (Å²) in [6.45, 7) is 12.2. The minimum absolute atomic E-state index is 0.111. The first kappa shape index (κ1) is 26.9. The van der Waals surface area contributed by atoms with Crippen LogP contribution in [0.5, 0.6) is 0 Å². The summed E-state index contributed by atoms with van der Waals surface area (Å²) in [5.74, 6) is 0.893. The lowest BCUT2D eigenvalue weighted by Crippen LogP contribution is -2.41. The number of aliphatic imine (C=N–C) groups is 1. The van der Waals surface area contributed by atoms with Gasteiger partial charge in [0.2, 0.25) is 0 Å². The molecule has 1 aliphatic heterocycles. The first-order valence-electron chi connectivity index (χ1n) is 13.2. The fraction of sp³-hybridized carbons (Fsp3) is 0.333. The summed E-state index contributed by atoms with van der Waals surface area (Å²) >= 11 is 6.24. The van der Waals surface area contributed by atoms with Crippen LogP contribution in [0.2, 0.25) is 5.02 Å². The number of hydrogen-bond acceptors (Lipinski definition) is 2. The summed E-state index contributed by atoms with van der Waals surface area (Å²) in [6.07, 6.45) is 4.00. The van der Waals surface area contributed by atoms with Gasteiger partial charge >= 0.3 is 0 Å². The topological polar surface area (TPSA) is 32.7 Å². The van der Waals surface area contributed by atoms with Gasteiger partial charge in [-0.05, 0) is 97.7 Å². The number of carbonyl (C=O) groups is 1. The van der Waals surface area contributed by atoms with Crippen molar-refractivity contribution in [2.45, 2.75) is 47.5 Å². The van der Waals surface area contributed by atoms with Crippen molar-refractivity contribution < 1.29 is 4.79 Å². The Labute approximate surface area is 226 Å². The Kier molecular flexibility index (Phi) is 8.66. The van der Waals surface area contributed by atoms with Crippen LogP contribution in [-0.2, 0) is 0 Å². The molecule has 1 fully saturated rings. The highest BCUT2D eigenvalue weighted by atomic mass is 35.5. The van der Waals surface area contributed by atoms with Gasteiger partial charge in [-0.25, -0.2) is 0 Å². The Bertz CT molecular complexity index is 1330. The number of likely N-dealkylation sites (tertiary alicyclic amines) is 1. The van der Waals surface area contributed by atoms with E-state index < -0.39 is 0 Å². The zero-order chi connectivity index (χ0) is 26.5. The molecular weight excluding hydrogens is 476 g/mol. The molecular formula is C33H37ClN2O. The van der Waals surface area contributed by atoms with Gasteiger partial charge in [0.15, 0.2) is 0 Å². The Hall–Kier alpha value is -3.17. The van der Waals surface area contributed by atoms with E-state index in [4.69, 9.17) is 16.6 Å². The number of amides is 1. The van der Waals surface area contributed by atoms with E-state index in [9.17, 15) is 4.79 Å². The number of benzene rings is 3. The van der Waals surface area contributed by atoms with E-state index in [-0.39, 0.29) is 5.91 Å². The molecule has 0 atom stereocenters. The largest absolute Gasteiger partial charge is 0.339 e. The number of nitrogens with zero attached hydrogens (tertiary/aromatic N) is 2. The fourth-order valence-corrected chi connectivity index (χ4v) is 5.50. The maximum Gasteiger partial charge on any atom is 0.253 e. The molecule has 3 aromatic rings. The molecule has 4 rings (SSSR count). The van der Waals surface area contributed by atoms with E-state index in [1.807, 2.05) is 48.2 Å². The van der Waals surface area contributed by atoms with Crippen LogP contribution in [0, 0.1) is 25.7 Å². The minimum Gasteiger partial charge on any atom is -0.339 e. The lowest BCUT2D eigenvalue weighted by Gasteiger charge is -2.34. The van der Waals surface area contributed by atoms with Crippen LogP contribution < -0.4 is 0 Å². The van der Waals surface area contributed by atoms with Gasteiger partial charge in [-0.2, -0.15) is 0 Å². The summed E-state index contributed by atoms with van der Waals surface area (Å²) in [6, 6.07) is 22.3. The molecule has 0 saturated carbocycles. The summed E-state index contributed by atoms with van der Waals surface area (Å²) < 4.78 is 0. The molecule has 3 aromatic carbocycles. The molecule has 0 radical (unpaired) electrons. The van der Waals surface area contributed by atoms with Crippen molar-refractivity contribution in [3.63, 3.8) is 0 Å². The standard InChI is InChI=1S/C33H37ClN2O/c1-6-29(26-11-9-12-28(34)21-26)30-15-14-27(20-24(30)5)33(37)36-18-16-25(17-19-36)32(22(2)3)35-31-13-8-7-10-23(31)4/h6-15,20-22,25H,16-19H2,1-5H3/b29-6-,35-32?. The van der Waals surface area contributed by atoms with Gasteiger partial charge in [-0.1, -0.05) is 67.9 Å². The van der Waals surface area contributed by atoms with Gasteiger partial charge in [0.25, 0.3) is 5.91 Å². The van der Waals surface area contributed by atoms with Crippen LogP contribution in [0.15, 0.2) is 77.8 Å². The molecule has 37 heavy (non-hydrogen) atoms. The molecule has 0 bridgehead atoms. The maximum absolute atomic E-state index is 13.4. The van der Waals surface area contributed by atoms with E-state index in [0.717, 1.165) is 59.4 Å². The highest BCUT2D eigenvalue weighted by molar-refractivity contribution is 6.30. The molecule has 0 aromatic heterocycles. The zero-order valence-corrected chi connectivity index (χ0v) is 23.3. The summed E-state index contributed by atoms with van der Waals surface area (Å²) in [5.41, 5.74) is 8.65. The van der Waals surface area contributed by atoms with Crippen molar-refractivity contribution in [2.24, 2.45) is 16.8 Å². The average Bonchev–Trinajstić information content (AvgIpc) is 2.89. The van der Waals surface area contributed by atoms with Gasteiger partial charge in [-0.3, -0.25) is 9.79 Å². The van der Waals surface area contributed by atoms with E-state index in [1.165, 1.54) is 11.3 Å². The van der Waals surface area contributed by atoms with Crippen molar-refractivity contribution in [2.75, 3.05) is 13.1 Å². The van der Waals surface area contributed by atoms with Crippen molar-refractivity contribution in [1.82, 2.24) is 4.90 Å². The van der Waals surface area contributed by atoms with Crippen LogP contribution in [0.4, 0.5) is 5.69 Å². The normalized spacial score (nSPS) is 15.4. The van der Waals surface area contributed by atoms with Crippen LogP contribution >= 0.6 is 11.6 Å². The third kappa shape index (κ3) is 6.22. The highest BCUT2D eigenvalue weighted by Crippen LogP contribution is 2.30. The Morgan fingerprint density at radius 1 is 0.946 bits per heavy atom. The predicted octanol–water partition coefficient (Wildman–Crippen LogP) is 8.69. The Balaban J connectivity index is 1.47. The van der Waals surface area contributed by atoms with Crippen molar-refractivity contribution in [1.29, 1.82) is 0 Å². The summed E-state index contributed by atoms with van der Waals surface area (Å²) in [4.78, 5) is 20.5. The van der Waals surface area contributed by atoms with Gasteiger partial charge in [-0.15, -0.1) is 0 Å². The number of carbonyl (C=O) groups excluding carboxylic acids is 1. The van der Waals surface area contributed by atoms with E-state index >= 15 is 0 Å². The molecule has 0 spiro atoms. The van der Waals surface area contributed by atoms with Crippen molar-refractivity contribution in [3.05, 3.63) is 106 Å². The number of hydrogen-bond donors (Lipinski definition) is 0. The second-order valence-corrected chi connectivity index (χ2v) is 10.7. The van der Waals surface area contributed by atoms with Gasteiger partial charge in [0.1, 0.15) is 0 Å².